The molecule has 1 saturated carbocycles. The zero-order chi connectivity index (χ0) is 13.2. The maximum absolute atomic E-state index is 11.8. The summed E-state index contributed by atoms with van der Waals surface area (Å²) in [7, 11) is 0. The normalized spacial score (nSPS) is 19.7. The van der Waals surface area contributed by atoms with Crippen LogP contribution in [0.25, 0.3) is 0 Å². The van der Waals surface area contributed by atoms with Gasteiger partial charge in [-0.05, 0) is 43.2 Å². The van der Waals surface area contributed by atoms with E-state index in [1.54, 1.807) is 12.1 Å². The van der Waals surface area contributed by atoms with E-state index < -0.39 is 0 Å². The molecule has 18 heavy (non-hydrogen) atoms. The van der Waals surface area contributed by atoms with Gasteiger partial charge < -0.3 is 14.9 Å². The molecule has 4 heteroatoms. The van der Waals surface area contributed by atoms with Crippen molar-refractivity contribution in [3.8, 4) is 0 Å². The van der Waals surface area contributed by atoms with Crippen LogP contribution in [0.5, 0.6) is 0 Å². The van der Waals surface area contributed by atoms with Gasteiger partial charge in [0, 0.05) is 0 Å². The number of hydrogen-bond donors (Lipinski definition) is 1. The second-order valence-corrected chi connectivity index (χ2v) is 5.74. The Morgan fingerprint density at radius 3 is 2.67 bits per heavy atom. The minimum absolute atomic E-state index is 0.0250. The fourth-order valence-corrected chi connectivity index (χ4v) is 2.30. The van der Waals surface area contributed by atoms with Gasteiger partial charge >= 0.3 is 5.97 Å². The molecule has 1 aromatic heterocycles. The van der Waals surface area contributed by atoms with Gasteiger partial charge in [-0.2, -0.15) is 0 Å². The summed E-state index contributed by atoms with van der Waals surface area (Å²) < 4.78 is 10.7. The molecule has 1 aliphatic rings. The highest BCUT2D eigenvalue weighted by Gasteiger charge is 2.29. The van der Waals surface area contributed by atoms with E-state index in [0.29, 0.717) is 17.7 Å². The Bertz CT molecular complexity index is 412. The van der Waals surface area contributed by atoms with E-state index in [9.17, 15) is 4.79 Å². The summed E-state index contributed by atoms with van der Waals surface area (Å²) >= 11 is 0. The van der Waals surface area contributed by atoms with E-state index in [0.717, 1.165) is 25.7 Å². The highest BCUT2D eigenvalue weighted by atomic mass is 16.6. The van der Waals surface area contributed by atoms with Crippen molar-refractivity contribution in [2.45, 2.75) is 52.2 Å². The van der Waals surface area contributed by atoms with Crippen LogP contribution in [-0.2, 0) is 11.3 Å². The molecular formula is C14H21NO3. The number of ether oxygens (including phenoxy) is 1. The molecular weight excluding hydrogens is 230 g/mol. The molecule has 0 aliphatic heterocycles. The fraction of sp³-hybridized carbons (Fsp3) is 0.643. The third-order valence-corrected chi connectivity index (χ3v) is 3.62. The molecule has 4 nitrogen and oxygen atoms in total. The Morgan fingerprint density at radius 2 is 2.11 bits per heavy atom. The van der Waals surface area contributed by atoms with Gasteiger partial charge in [0.1, 0.15) is 11.9 Å². The van der Waals surface area contributed by atoms with Crippen molar-refractivity contribution in [3.05, 3.63) is 23.7 Å². The molecule has 1 fully saturated rings. The first-order valence-corrected chi connectivity index (χ1v) is 6.50. The number of hydrogen-bond acceptors (Lipinski definition) is 4. The zero-order valence-corrected chi connectivity index (χ0v) is 11.1. The maximum Gasteiger partial charge on any atom is 0.374 e. The Balaban J connectivity index is 1.88. The molecule has 0 bridgehead atoms. The maximum atomic E-state index is 11.8. The van der Waals surface area contributed by atoms with Gasteiger partial charge in [0.25, 0.3) is 0 Å². The molecule has 0 aromatic carbocycles. The number of carbonyl (C=O) groups excluding carboxylic acids is 1. The van der Waals surface area contributed by atoms with Crippen molar-refractivity contribution in [3.63, 3.8) is 0 Å². The molecule has 0 radical (unpaired) electrons. The summed E-state index contributed by atoms with van der Waals surface area (Å²) in [6.07, 6.45) is 4.08. The van der Waals surface area contributed by atoms with E-state index >= 15 is 0 Å². The van der Waals surface area contributed by atoms with Crippen LogP contribution in [-0.4, -0.2) is 12.1 Å². The minimum Gasteiger partial charge on any atom is -0.457 e. The van der Waals surface area contributed by atoms with Gasteiger partial charge in [-0.15, -0.1) is 0 Å². The summed E-state index contributed by atoms with van der Waals surface area (Å²) in [5.41, 5.74) is 5.81. The van der Waals surface area contributed by atoms with Gasteiger partial charge in [-0.25, -0.2) is 4.79 Å². The van der Waals surface area contributed by atoms with Crippen molar-refractivity contribution in [1.82, 2.24) is 0 Å². The zero-order valence-electron chi connectivity index (χ0n) is 11.1. The van der Waals surface area contributed by atoms with E-state index in [1.807, 2.05) is 0 Å². The summed E-state index contributed by atoms with van der Waals surface area (Å²) in [6, 6.07) is 3.33. The monoisotopic (exact) mass is 251 g/mol. The third kappa shape index (κ3) is 3.13. The topological polar surface area (TPSA) is 65.5 Å². The van der Waals surface area contributed by atoms with Gasteiger partial charge in [0.2, 0.25) is 5.76 Å². The molecule has 1 aromatic rings. The standard InChI is InChI=1S/C14H21NO3/c1-14(2)7-5-10(6-8-14)18-13(16)12-4-3-11(9-15)17-12/h3-4,10H,5-9,15H2,1-2H3. The van der Waals surface area contributed by atoms with E-state index in [1.165, 1.54) is 0 Å². The molecule has 0 unspecified atom stereocenters. The summed E-state index contributed by atoms with van der Waals surface area (Å²) in [6.45, 7) is 4.81. The summed E-state index contributed by atoms with van der Waals surface area (Å²) in [4.78, 5) is 11.8. The lowest BCUT2D eigenvalue weighted by molar-refractivity contribution is 0.00635. The molecule has 0 spiro atoms. The molecule has 0 amide bonds. The first-order chi connectivity index (χ1) is 8.50. The Kier molecular flexibility index (Phi) is 3.76. The first-order valence-electron chi connectivity index (χ1n) is 6.50. The van der Waals surface area contributed by atoms with Crippen LogP contribution in [0.2, 0.25) is 0 Å². The van der Waals surface area contributed by atoms with Crippen LogP contribution in [0.1, 0.15) is 55.8 Å². The highest BCUT2D eigenvalue weighted by Crippen LogP contribution is 2.36. The fourth-order valence-electron chi connectivity index (χ4n) is 2.30. The van der Waals surface area contributed by atoms with Gasteiger partial charge in [0.15, 0.2) is 0 Å². The number of carbonyl (C=O) groups is 1. The molecule has 1 aliphatic carbocycles. The van der Waals surface area contributed by atoms with Crippen LogP contribution in [0.4, 0.5) is 0 Å². The van der Waals surface area contributed by atoms with Crippen LogP contribution in [0.15, 0.2) is 16.5 Å². The second kappa shape index (κ2) is 5.14. The van der Waals surface area contributed by atoms with Gasteiger partial charge in [-0.1, -0.05) is 13.8 Å². The van der Waals surface area contributed by atoms with Crippen LogP contribution >= 0.6 is 0 Å². The predicted molar refractivity (Wildman–Crippen MR) is 68.1 cm³/mol. The Hall–Kier alpha value is -1.29. The molecule has 1 heterocycles. The van der Waals surface area contributed by atoms with Crippen molar-refractivity contribution < 1.29 is 13.9 Å². The molecule has 0 saturated heterocycles. The minimum atomic E-state index is -0.376. The molecule has 0 atom stereocenters. The lowest BCUT2D eigenvalue weighted by atomic mass is 9.76. The largest absolute Gasteiger partial charge is 0.457 e. The quantitative estimate of drug-likeness (QED) is 0.839. The first kappa shape index (κ1) is 13.1. The van der Waals surface area contributed by atoms with Gasteiger partial charge in [-0.3, -0.25) is 0 Å². The van der Waals surface area contributed by atoms with Crippen LogP contribution in [0.3, 0.4) is 0 Å². The van der Waals surface area contributed by atoms with Crippen LogP contribution < -0.4 is 5.73 Å². The average Bonchev–Trinajstić information content (AvgIpc) is 2.80. The number of furan rings is 1. The highest BCUT2D eigenvalue weighted by molar-refractivity contribution is 5.86. The second-order valence-electron chi connectivity index (χ2n) is 5.74. The number of rotatable bonds is 3. The van der Waals surface area contributed by atoms with Crippen molar-refractivity contribution >= 4 is 5.97 Å². The Morgan fingerprint density at radius 1 is 1.44 bits per heavy atom. The van der Waals surface area contributed by atoms with Gasteiger partial charge in [0.05, 0.1) is 6.54 Å². The smallest absolute Gasteiger partial charge is 0.374 e. The lowest BCUT2D eigenvalue weighted by Gasteiger charge is -2.33. The van der Waals surface area contributed by atoms with Crippen molar-refractivity contribution in [1.29, 1.82) is 0 Å². The number of nitrogens with two attached hydrogens (primary N) is 1. The third-order valence-electron chi connectivity index (χ3n) is 3.62. The van der Waals surface area contributed by atoms with E-state index in [-0.39, 0.29) is 17.8 Å². The summed E-state index contributed by atoms with van der Waals surface area (Å²) in [5, 5.41) is 0. The van der Waals surface area contributed by atoms with E-state index in [2.05, 4.69) is 13.8 Å². The van der Waals surface area contributed by atoms with Crippen molar-refractivity contribution in [2.24, 2.45) is 11.1 Å². The van der Waals surface area contributed by atoms with Crippen molar-refractivity contribution in [2.75, 3.05) is 0 Å². The average molecular weight is 251 g/mol. The predicted octanol–water partition coefficient (Wildman–Crippen LogP) is 2.86. The SMILES string of the molecule is CC1(C)CCC(OC(=O)c2ccc(CN)o2)CC1. The summed E-state index contributed by atoms with van der Waals surface area (Å²) in [5.74, 6) is 0.478. The molecule has 100 valence electrons. The lowest BCUT2D eigenvalue weighted by Crippen LogP contribution is -2.28. The number of esters is 1. The molecule has 2 N–H and O–H groups in total. The molecule has 2 rings (SSSR count). The van der Waals surface area contributed by atoms with E-state index in [4.69, 9.17) is 14.9 Å². The Labute approximate surface area is 107 Å². The van der Waals surface area contributed by atoms with Crippen LogP contribution in [0, 0.1) is 5.41 Å².